The fraction of sp³-hybridized carbons (Fsp3) is 0.467. The van der Waals surface area contributed by atoms with Crippen molar-refractivity contribution >= 4 is 5.91 Å². The van der Waals surface area contributed by atoms with Crippen LogP contribution < -0.4 is 5.32 Å². The number of aromatic nitrogens is 4. The summed E-state index contributed by atoms with van der Waals surface area (Å²) in [5.41, 5.74) is 0.319. The second-order valence-electron chi connectivity index (χ2n) is 5.77. The zero-order valence-corrected chi connectivity index (χ0v) is 12.9. The number of amides is 1. The van der Waals surface area contributed by atoms with Crippen molar-refractivity contribution < 1.29 is 9.90 Å². The van der Waals surface area contributed by atoms with Gasteiger partial charge in [0.25, 0.3) is 0 Å². The Kier molecular flexibility index (Phi) is 5.21. The summed E-state index contributed by atoms with van der Waals surface area (Å²) in [6, 6.07) is 9.62. The molecule has 0 aliphatic heterocycles. The summed E-state index contributed by atoms with van der Waals surface area (Å²) in [6.45, 7) is 3.97. The fourth-order valence-corrected chi connectivity index (χ4v) is 1.90. The predicted octanol–water partition coefficient (Wildman–Crippen LogP) is 1.01. The van der Waals surface area contributed by atoms with Gasteiger partial charge in [-0.05, 0) is 25.5 Å². The molecule has 0 saturated heterocycles. The highest BCUT2D eigenvalue weighted by molar-refractivity contribution is 5.76. The number of rotatable bonds is 7. The van der Waals surface area contributed by atoms with E-state index in [-0.39, 0.29) is 12.5 Å². The van der Waals surface area contributed by atoms with Crippen molar-refractivity contribution in [3.63, 3.8) is 0 Å². The number of tetrazole rings is 1. The number of benzene rings is 1. The maximum Gasteiger partial charge on any atom is 0.220 e. The molecule has 1 heterocycles. The van der Waals surface area contributed by atoms with Gasteiger partial charge < -0.3 is 10.4 Å². The molecular formula is C15H21N5O2. The van der Waals surface area contributed by atoms with Gasteiger partial charge in [-0.1, -0.05) is 30.3 Å². The third-order valence-electron chi connectivity index (χ3n) is 3.12. The summed E-state index contributed by atoms with van der Waals surface area (Å²) in [5.74, 6) is 0.480. The zero-order valence-electron chi connectivity index (χ0n) is 12.9. The first kappa shape index (κ1) is 16.1. The van der Waals surface area contributed by atoms with Gasteiger partial charge in [0.1, 0.15) is 0 Å². The summed E-state index contributed by atoms with van der Waals surface area (Å²) in [5, 5.41) is 24.2. The number of hydrogen-bond donors (Lipinski definition) is 2. The van der Waals surface area contributed by atoms with Crippen LogP contribution in [0.3, 0.4) is 0 Å². The van der Waals surface area contributed by atoms with E-state index in [9.17, 15) is 4.79 Å². The fourth-order valence-electron chi connectivity index (χ4n) is 1.90. The van der Waals surface area contributed by atoms with E-state index in [4.69, 9.17) is 5.11 Å². The largest absolute Gasteiger partial charge is 0.394 e. The highest BCUT2D eigenvalue weighted by atomic mass is 16.3. The van der Waals surface area contributed by atoms with Gasteiger partial charge in [-0.2, -0.15) is 4.80 Å². The van der Waals surface area contributed by atoms with Crippen molar-refractivity contribution in [2.24, 2.45) is 0 Å². The molecule has 1 aromatic heterocycles. The van der Waals surface area contributed by atoms with E-state index in [1.807, 2.05) is 30.3 Å². The van der Waals surface area contributed by atoms with Crippen molar-refractivity contribution in [2.45, 2.75) is 38.8 Å². The van der Waals surface area contributed by atoms with Gasteiger partial charge in [-0.25, -0.2) is 0 Å². The predicted molar refractivity (Wildman–Crippen MR) is 81.8 cm³/mol. The molecule has 0 unspecified atom stereocenters. The minimum Gasteiger partial charge on any atom is -0.394 e. The van der Waals surface area contributed by atoms with Crippen LogP contribution in [-0.4, -0.2) is 43.4 Å². The van der Waals surface area contributed by atoms with Crippen LogP contribution in [0.15, 0.2) is 30.3 Å². The Morgan fingerprint density at radius 3 is 2.73 bits per heavy atom. The lowest BCUT2D eigenvalue weighted by molar-refractivity contribution is -0.123. The van der Waals surface area contributed by atoms with Crippen molar-refractivity contribution in [1.29, 1.82) is 0 Å². The SMILES string of the molecule is CC(C)(CO)NC(=O)CCCn1nnc(-c2ccccc2)n1. The molecule has 2 aromatic rings. The van der Waals surface area contributed by atoms with E-state index < -0.39 is 5.54 Å². The number of nitrogens with one attached hydrogen (secondary N) is 1. The van der Waals surface area contributed by atoms with E-state index in [1.165, 1.54) is 4.80 Å². The first-order chi connectivity index (χ1) is 10.5. The number of aliphatic hydroxyl groups is 1. The molecule has 2 rings (SSSR count). The Bertz CT molecular complexity index is 609. The number of aryl methyl sites for hydroxylation is 1. The smallest absolute Gasteiger partial charge is 0.220 e. The summed E-state index contributed by atoms with van der Waals surface area (Å²) in [7, 11) is 0. The summed E-state index contributed by atoms with van der Waals surface area (Å²) in [6.07, 6.45) is 0.962. The van der Waals surface area contributed by atoms with E-state index in [2.05, 4.69) is 20.7 Å². The second kappa shape index (κ2) is 7.13. The van der Waals surface area contributed by atoms with Gasteiger partial charge in [0.15, 0.2) is 0 Å². The number of aliphatic hydroxyl groups excluding tert-OH is 1. The molecule has 1 amide bonds. The van der Waals surface area contributed by atoms with Crippen LogP contribution in [0.25, 0.3) is 11.4 Å². The number of carbonyl (C=O) groups excluding carboxylic acids is 1. The first-order valence-corrected chi connectivity index (χ1v) is 7.25. The quantitative estimate of drug-likeness (QED) is 0.796. The van der Waals surface area contributed by atoms with Crippen LogP contribution in [0.2, 0.25) is 0 Å². The molecule has 2 N–H and O–H groups in total. The van der Waals surface area contributed by atoms with Gasteiger partial charge in [0.05, 0.1) is 18.7 Å². The van der Waals surface area contributed by atoms with Crippen molar-refractivity contribution in [3.8, 4) is 11.4 Å². The van der Waals surface area contributed by atoms with E-state index >= 15 is 0 Å². The van der Waals surface area contributed by atoms with Crippen molar-refractivity contribution in [1.82, 2.24) is 25.5 Å². The standard InChI is InChI=1S/C15H21N5O2/c1-15(2,11-21)16-13(22)9-6-10-20-18-14(17-19-20)12-7-4-3-5-8-12/h3-5,7-8,21H,6,9-11H2,1-2H3,(H,16,22). The van der Waals surface area contributed by atoms with E-state index in [1.54, 1.807) is 13.8 Å². The Morgan fingerprint density at radius 2 is 2.05 bits per heavy atom. The lowest BCUT2D eigenvalue weighted by Crippen LogP contribution is -2.46. The Morgan fingerprint density at radius 1 is 1.32 bits per heavy atom. The van der Waals surface area contributed by atoms with Crippen LogP contribution in [-0.2, 0) is 11.3 Å². The normalized spacial score (nSPS) is 11.4. The highest BCUT2D eigenvalue weighted by Crippen LogP contribution is 2.11. The topological polar surface area (TPSA) is 92.9 Å². The molecule has 0 bridgehead atoms. The maximum absolute atomic E-state index is 11.7. The van der Waals surface area contributed by atoms with Crippen LogP contribution >= 0.6 is 0 Å². The molecule has 1 aromatic carbocycles. The molecule has 0 spiro atoms. The monoisotopic (exact) mass is 303 g/mol. The average Bonchev–Trinajstić information content (AvgIpc) is 2.96. The molecule has 0 saturated carbocycles. The minimum absolute atomic E-state index is 0.0934. The van der Waals surface area contributed by atoms with Gasteiger partial charge in [-0.15, -0.1) is 10.2 Å². The van der Waals surface area contributed by atoms with E-state index in [0.29, 0.717) is 25.2 Å². The van der Waals surface area contributed by atoms with Crippen molar-refractivity contribution in [3.05, 3.63) is 30.3 Å². The lowest BCUT2D eigenvalue weighted by atomic mass is 10.1. The Hall–Kier alpha value is -2.28. The van der Waals surface area contributed by atoms with Gasteiger partial charge >= 0.3 is 0 Å². The molecule has 0 radical (unpaired) electrons. The van der Waals surface area contributed by atoms with Crippen LogP contribution in [0.1, 0.15) is 26.7 Å². The molecule has 22 heavy (non-hydrogen) atoms. The number of nitrogens with zero attached hydrogens (tertiary/aromatic N) is 4. The van der Waals surface area contributed by atoms with Gasteiger partial charge in [0.2, 0.25) is 11.7 Å². The number of hydrogen-bond acceptors (Lipinski definition) is 5. The second-order valence-corrected chi connectivity index (χ2v) is 5.77. The highest BCUT2D eigenvalue weighted by Gasteiger charge is 2.18. The molecule has 0 aliphatic carbocycles. The first-order valence-electron chi connectivity index (χ1n) is 7.25. The maximum atomic E-state index is 11.7. The molecule has 7 nitrogen and oxygen atoms in total. The van der Waals surface area contributed by atoms with E-state index in [0.717, 1.165) is 5.56 Å². The van der Waals surface area contributed by atoms with Gasteiger partial charge in [0, 0.05) is 12.0 Å². The summed E-state index contributed by atoms with van der Waals surface area (Å²) < 4.78 is 0. The molecule has 7 heteroatoms. The van der Waals surface area contributed by atoms with Crippen LogP contribution in [0.4, 0.5) is 0 Å². The lowest BCUT2D eigenvalue weighted by Gasteiger charge is -2.23. The Labute approximate surface area is 129 Å². The minimum atomic E-state index is -0.594. The zero-order chi connectivity index (χ0) is 16.0. The van der Waals surface area contributed by atoms with Crippen LogP contribution in [0.5, 0.6) is 0 Å². The number of carbonyl (C=O) groups is 1. The van der Waals surface area contributed by atoms with Crippen LogP contribution in [0, 0.1) is 0 Å². The van der Waals surface area contributed by atoms with Gasteiger partial charge in [-0.3, -0.25) is 4.79 Å². The average molecular weight is 303 g/mol. The molecule has 0 fully saturated rings. The summed E-state index contributed by atoms with van der Waals surface area (Å²) in [4.78, 5) is 13.2. The molecule has 118 valence electrons. The molecule has 0 atom stereocenters. The Balaban J connectivity index is 1.81. The van der Waals surface area contributed by atoms with Crippen molar-refractivity contribution in [2.75, 3.05) is 6.61 Å². The third-order valence-corrected chi connectivity index (χ3v) is 3.12. The third kappa shape index (κ3) is 4.63. The summed E-state index contributed by atoms with van der Waals surface area (Å²) >= 11 is 0. The molecule has 0 aliphatic rings. The molecular weight excluding hydrogens is 282 g/mol.